The van der Waals surface area contributed by atoms with E-state index in [1.165, 1.54) is 6.07 Å². The summed E-state index contributed by atoms with van der Waals surface area (Å²) in [5.74, 6) is 0.257. The Balaban J connectivity index is 1.40. The summed E-state index contributed by atoms with van der Waals surface area (Å²) < 4.78 is 15.5. The highest BCUT2D eigenvalue weighted by molar-refractivity contribution is 7.15. The van der Waals surface area contributed by atoms with Crippen molar-refractivity contribution in [2.45, 2.75) is 39.8 Å². The van der Waals surface area contributed by atoms with E-state index in [1.807, 2.05) is 26.0 Å². The van der Waals surface area contributed by atoms with Crippen molar-refractivity contribution in [1.82, 2.24) is 19.7 Å². The molecule has 0 bridgehead atoms. The van der Waals surface area contributed by atoms with E-state index in [4.69, 9.17) is 0 Å². The van der Waals surface area contributed by atoms with Crippen molar-refractivity contribution in [3.05, 3.63) is 68.8 Å². The van der Waals surface area contributed by atoms with E-state index in [2.05, 4.69) is 15.0 Å². The van der Waals surface area contributed by atoms with Crippen molar-refractivity contribution in [2.24, 2.45) is 5.92 Å². The summed E-state index contributed by atoms with van der Waals surface area (Å²) in [7, 11) is 0. The summed E-state index contributed by atoms with van der Waals surface area (Å²) in [6.45, 7) is 7.02. The van der Waals surface area contributed by atoms with Gasteiger partial charge >= 0.3 is 0 Å². The molecule has 3 aromatic rings. The van der Waals surface area contributed by atoms with Crippen LogP contribution < -0.4 is 5.56 Å². The van der Waals surface area contributed by atoms with Gasteiger partial charge in [0.1, 0.15) is 11.5 Å². The Hall–Kier alpha value is -2.38. The third-order valence-electron chi connectivity index (χ3n) is 5.49. The van der Waals surface area contributed by atoms with Crippen molar-refractivity contribution in [3.63, 3.8) is 0 Å². The monoisotopic (exact) mass is 412 g/mol. The summed E-state index contributed by atoms with van der Waals surface area (Å²) in [6, 6.07) is 10.3. The largest absolute Gasteiger partial charge is 0.299 e. The molecular formula is C22H25FN4OS. The molecule has 1 fully saturated rings. The van der Waals surface area contributed by atoms with Gasteiger partial charge in [0.05, 0.1) is 15.6 Å². The average Bonchev–Trinajstić information content (AvgIpc) is 3.05. The van der Waals surface area contributed by atoms with Crippen LogP contribution in [-0.2, 0) is 13.1 Å². The first-order valence-electron chi connectivity index (χ1n) is 9.98. The lowest BCUT2D eigenvalue weighted by atomic mass is 9.96. The zero-order chi connectivity index (χ0) is 20.4. The van der Waals surface area contributed by atoms with Gasteiger partial charge in [-0.2, -0.15) is 5.10 Å². The van der Waals surface area contributed by atoms with Crippen molar-refractivity contribution < 1.29 is 4.39 Å². The molecule has 3 heterocycles. The molecule has 0 saturated carbocycles. The molecule has 1 aliphatic heterocycles. The third kappa shape index (κ3) is 4.62. The average molecular weight is 413 g/mol. The molecule has 152 valence electrons. The quantitative estimate of drug-likeness (QED) is 0.635. The van der Waals surface area contributed by atoms with Gasteiger partial charge in [-0.3, -0.25) is 9.69 Å². The second kappa shape index (κ2) is 8.55. The smallest absolute Gasteiger partial charge is 0.266 e. The van der Waals surface area contributed by atoms with E-state index in [0.29, 0.717) is 19.0 Å². The van der Waals surface area contributed by atoms with E-state index in [-0.39, 0.29) is 11.4 Å². The molecule has 0 spiro atoms. The van der Waals surface area contributed by atoms with Gasteiger partial charge in [-0.1, -0.05) is 18.2 Å². The van der Waals surface area contributed by atoms with E-state index in [0.717, 1.165) is 52.8 Å². The Morgan fingerprint density at radius 2 is 1.90 bits per heavy atom. The summed E-state index contributed by atoms with van der Waals surface area (Å²) in [5.41, 5.74) is 2.43. The summed E-state index contributed by atoms with van der Waals surface area (Å²) in [6.07, 6.45) is 1.96. The number of rotatable bonds is 5. The Labute approximate surface area is 173 Å². The predicted octanol–water partition coefficient (Wildman–Crippen LogP) is 4.03. The number of hydrogen-bond donors (Lipinski definition) is 0. The standard InChI is InChI=1S/C22H25FN4OS/c1-15-22(29-16(2)24-15)20-7-8-21(28)27(25-20)13-17-9-11-26(12-10-17)14-18-5-3-4-6-19(18)23/h3-8,17H,9-14H2,1-2H3. The number of hydrogen-bond acceptors (Lipinski definition) is 5. The second-order valence-corrected chi connectivity index (χ2v) is 8.90. The van der Waals surface area contributed by atoms with Gasteiger partial charge < -0.3 is 0 Å². The van der Waals surface area contributed by atoms with Crippen LogP contribution in [0.2, 0.25) is 0 Å². The highest BCUT2D eigenvalue weighted by Gasteiger charge is 2.21. The van der Waals surface area contributed by atoms with E-state index < -0.39 is 0 Å². The Kier molecular flexibility index (Phi) is 5.87. The molecule has 1 saturated heterocycles. The highest BCUT2D eigenvalue weighted by atomic mass is 32.1. The van der Waals surface area contributed by atoms with Crippen LogP contribution in [0.4, 0.5) is 4.39 Å². The lowest BCUT2D eigenvalue weighted by molar-refractivity contribution is 0.162. The summed E-state index contributed by atoms with van der Waals surface area (Å²) in [4.78, 5) is 20.1. The van der Waals surface area contributed by atoms with Gasteiger partial charge in [0.15, 0.2) is 0 Å². The Morgan fingerprint density at radius 1 is 1.14 bits per heavy atom. The molecule has 29 heavy (non-hydrogen) atoms. The van der Waals surface area contributed by atoms with Gasteiger partial charge in [-0.15, -0.1) is 11.3 Å². The fourth-order valence-corrected chi connectivity index (χ4v) is 4.79. The van der Waals surface area contributed by atoms with Crippen molar-refractivity contribution in [2.75, 3.05) is 13.1 Å². The maximum Gasteiger partial charge on any atom is 0.266 e. The molecule has 4 rings (SSSR count). The SMILES string of the molecule is Cc1nc(C)c(-c2ccc(=O)n(CC3CCN(Cc4ccccc4F)CC3)n2)s1. The number of nitrogens with zero attached hydrogens (tertiary/aromatic N) is 4. The van der Waals surface area contributed by atoms with Gasteiger partial charge in [0, 0.05) is 24.7 Å². The van der Waals surface area contributed by atoms with Crippen LogP contribution in [0.15, 0.2) is 41.2 Å². The number of piperidine rings is 1. The number of benzene rings is 1. The fraction of sp³-hybridized carbons (Fsp3) is 0.409. The Bertz CT molecular complexity index is 1050. The molecule has 5 nitrogen and oxygen atoms in total. The van der Waals surface area contributed by atoms with Crippen molar-refractivity contribution >= 4 is 11.3 Å². The van der Waals surface area contributed by atoms with E-state index >= 15 is 0 Å². The minimum absolute atomic E-state index is 0.0681. The minimum atomic E-state index is -0.143. The molecule has 1 aromatic carbocycles. The highest BCUT2D eigenvalue weighted by Crippen LogP contribution is 2.27. The number of likely N-dealkylation sites (tertiary alicyclic amines) is 1. The molecule has 0 N–H and O–H groups in total. The second-order valence-electron chi connectivity index (χ2n) is 7.70. The molecule has 0 radical (unpaired) electrons. The Morgan fingerprint density at radius 3 is 2.59 bits per heavy atom. The summed E-state index contributed by atoms with van der Waals surface area (Å²) >= 11 is 1.60. The molecule has 0 unspecified atom stereocenters. The van der Waals surface area contributed by atoms with Crippen LogP contribution in [0, 0.1) is 25.6 Å². The first-order chi connectivity index (χ1) is 14.0. The van der Waals surface area contributed by atoms with Crippen molar-refractivity contribution in [3.8, 4) is 10.6 Å². The van der Waals surface area contributed by atoms with Crippen LogP contribution in [0.1, 0.15) is 29.1 Å². The third-order valence-corrected chi connectivity index (χ3v) is 6.59. The number of halogens is 1. The topological polar surface area (TPSA) is 51.0 Å². The van der Waals surface area contributed by atoms with Crippen molar-refractivity contribution in [1.29, 1.82) is 0 Å². The molecular weight excluding hydrogens is 387 g/mol. The maximum absolute atomic E-state index is 13.9. The van der Waals surface area contributed by atoms with Crippen LogP contribution >= 0.6 is 11.3 Å². The number of aromatic nitrogens is 3. The summed E-state index contributed by atoms with van der Waals surface area (Å²) in [5, 5.41) is 5.62. The van der Waals surface area contributed by atoms with E-state index in [1.54, 1.807) is 34.2 Å². The van der Waals surface area contributed by atoms with E-state index in [9.17, 15) is 9.18 Å². The molecule has 0 aliphatic carbocycles. The normalized spacial score (nSPS) is 15.7. The van der Waals surface area contributed by atoms with Crippen LogP contribution in [0.25, 0.3) is 10.6 Å². The van der Waals surface area contributed by atoms with Gasteiger partial charge in [-0.25, -0.2) is 14.1 Å². The molecule has 1 aliphatic rings. The van der Waals surface area contributed by atoms with Crippen LogP contribution in [0.5, 0.6) is 0 Å². The first kappa shape index (κ1) is 19.9. The number of thiazole rings is 1. The molecule has 0 amide bonds. The zero-order valence-electron chi connectivity index (χ0n) is 16.8. The van der Waals surface area contributed by atoms with Crippen LogP contribution in [-0.4, -0.2) is 32.8 Å². The minimum Gasteiger partial charge on any atom is -0.299 e. The number of aryl methyl sites for hydroxylation is 2. The van der Waals surface area contributed by atoms with Crippen LogP contribution in [0.3, 0.4) is 0 Å². The van der Waals surface area contributed by atoms with Gasteiger partial charge in [0.25, 0.3) is 5.56 Å². The fourth-order valence-electron chi connectivity index (χ4n) is 3.91. The zero-order valence-corrected chi connectivity index (χ0v) is 17.6. The lowest BCUT2D eigenvalue weighted by Gasteiger charge is -2.32. The first-order valence-corrected chi connectivity index (χ1v) is 10.8. The molecule has 7 heteroatoms. The predicted molar refractivity (Wildman–Crippen MR) is 113 cm³/mol. The molecule has 0 atom stereocenters. The van der Waals surface area contributed by atoms with Gasteiger partial charge in [0.2, 0.25) is 0 Å². The van der Waals surface area contributed by atoms with Gasteiger partial charge in [-0.05, 0) is 57.8 Å². The molecule has 2 aromatic heterocycles. The maximum atomic E-state index is 13.9. The lowest BCUT2D eigenvalue weighted by Crippen LogP contribution is -2.36.